The summed E-state index contributed by atoms with van der Waals surface area (Å²) >= 11 is 6.66. The van der Waals surface area contributed by atoms with Crippen LogP contribution in [0.5, 0.6) is 11.6 Å². The van der Waals surface area contributed by atoms with Crippen LogP contribution in [-0.2, 0) is 11.3 Å². The maximum Gasteiger partial charge on any atom is 0.221 e. The Bertz CT molecular complexity index is 1050. The van der Waals surface area contributed by atoms with Crippen LogP contribution < -0.4 is 15.2 Å². The molecule has 0 spiro atoms. The van der Waals surface area contributed by atoms with Crippen LogP contribution in [0.4, 0.5) is 0 Å². The standard InChI is InChI=1S/C28H35ClN2O3/c1-32-17-7-15-28(30)13-5-10-23(11-6-14-28)34-26-18-22-12-16-31-27(24(22)19-25(26)29)33-20-21-8-3-2-4-9-21/h2-4,8-9,12,16,18-19,23H,5-7,10-11,13-15,17,20,30H2,1H3. The van der Waals surface area contributed by atoms with Crippen molar-refractivity contribution in [2.45, 2.75) is 69.6 Å². The summed E-state index contributed by atoms with van der Waals surface area (Å²) in [5, 5.41) is 2.47. The van der Waals surface area contributed by atoms with Gasteiger partial charge >= 0.3 is 0 Å². The zero-order chi connectivity index (χ0) is 23.8. The molecule has 2 aromatic carbocycles. The fourth-order valence-electron chi connectivity index (χ4n) is 4.83. The zero-order valence-corrected chi connectivity index (χ0v) is 20.7. The zero-order valence-electron chi connectivity index (χ0n) is 20.0. The van der Waals surface area contributed by atoms with Crippen LogP contribution >= 0.6 is 11.6 Å². The molecule has 2 N–H and O–H groups in total. The van der Waals surface area contributed by atoms with Gasteiger partial charge in [-0.3, -0.25) is 0 Å². The lowest BCUT2D eigenvalue weighted by atomic mass is 9.81. The summed E-state index contributed by atoms with van der Waals surface area (Å²) in [6, 6.07) is 15.9. The van der Waals surface area contributed by atoms with E-state index in [1.54, 1.807) is 13.3 Å². The summed E-state index contributed by atoms with van der Waals surface area (Å²) in [7, 11) is 1.75. The summed E-state index contributed by atoms with van der Waals surface area (Å²) in [6.07, 6.45) is 10.1. The molecule has 0 atom stereocenters. The van der Waals surface area contributed by atoms with E-state index in [4.69, 9.17) is 31.5 Å². The number of halogens is 1. The summed E-state index contributed by atoms with van der Waals surface area (Å²) in [5.41, 5.74) is 7.71. The first kappa shape index (κ1) is 24.8. The Morgan fingerprint density at radius 2 is 1.85 bits per heavy atom. The number of nitrogens with two attached hydrogens (primary N) is 1. The number of hydrogen-bond acceptors (Lipinski definition) is 5. The van der Waals surface area contributed by atoms with Gasteiger partial charge in [0.25, 0.3) is 0 Å². The van der Waals surface area contributed by atoms with Gasteiger partial charge in [0, 0.05) is 30.8 Å². The minimum atomic E-state index is -0.0761. The van der Waals surface area contributed by atoms with E-state index in [-0.39, 0.29) is 11.6 Å². The van der Waals surface area contributed by atoms with E-state index >= 15 is 0 Å². The minimum absolute atomic E-state index is 0.0761. The Morgan fingerprint density at radius 1 is 1.09 bits per heavy atom. The summed E-state index contributed by atoms with van der Waals surface area (Å²) in [6.45, 7) is 1.23. The van der Waals surface area contributed by atoms with Gasteiger partial charge in [0.2, 0.25) is 5.88 Å². The highest BCUT2D eigenvalue weighted by Gasteiger charge is 2.28. The monoisotopic (exact) mass is 482 g/mol. The maximum atomic E-state index is 6.69. The number of rotatable bonds is 9. The van der Waals surface area contributed by atoms with Gasteiger partial charge in [0.1, 0.15) is 12.4 Å². The fraction of sp³-hybridized carbons (Fsp3) is 0.464. The average Bonchev–Trinajstić information content (AvgIpc) is 2.83. The molecule has 34 heavy (non-hydrogen) atoms. The van der Waals surface area contributed by atoms with Crippen molar-refractivity contribution in [2.24, 2.45) is 5.73 Å². The second kappa shape index (κ2) is 11.9. The van der Waals surface area contributed by atoms with E-state index in [1.807, 2.05) is 48.5 Å². The molecule has 1 aliphatic carbocycles. The Labute approximate surface area is 207 Å². The van der Waals surface area contributed by atoms with Crippen molar-refractivity contribution in [1.82, 2.24) is 4.98 Å². The van der Waals surface area contributed by atoms with Crippen LogP contribution in [0.25, 0.3) is 10.8 Å². The molecule has 0 radical (unpaired) electrons. The first-order valence-electron chi connectivity index (χ1n) is 12.3. The molecular formula is C28H35ClN2O3. The largest absolute Gasteiger partial charge is 0.489 e. The average molecular weight is 483 g/mol. The molecule has 4 rings (SSSR count). The number of pyridine rings is 1. The number of methoxy groups -OCH3 is 1. The van der Waals surface area contributed by atoms with Gasteiger partial charge in [-0.05, 0) is 80.5 Å². The van der Waals surface area contributed by atoms with Gasteiger partial charge in [-0.25, -0.2) is 4.98 Å². The molecule has 182 valence electrons. The Morgan fingerprint density at radius 3 is 2.59 bits per heavy atom. The van der Waals surface area contributed by atoms with Crippen molar-refractivity contribution in [2.75, 3.05) is 13.7 Å². The first-order valence-corrected chi connectivity index (χ1v) is 12.6. The van der Waals surface area contributed by atoms with Crippen LogP contribution in [0, 0.1) is 0 Å². The van der Waals surface area contributed by atoms with E-state index in [0.717, 1.165) is 80.1 Å². The Kier molecular flexibility index (Phi) is 8.65. The molecule has 1 aromatic heterocycles. The Hall–Kier alpha value is -2.34. The molecule has 6 heteroatoms. The van der Waals surface area contributed by atoms with E-state index in [1.165, 1.54) is 0 Å². The molecule has 1 heterocycles. The van der Waals surface area contributed by atoms with E-state index < -0.39 is 0 Å². The van der Waals surface area contributed by atoms with Gasteiger partial charge in [-0.2, -0.15) is 0 Å². The van der Waals surface area contributed by atoms with Crippen LogP contribution in [-0.4, -0.2) is 30.3 Å². The van der Waals surface area contributed by atoms with E-state index in [9.17, 15) is 0 Å². The lowest BCUT2D eigenvalue weighted by molar-refractivity contribution is 0.141. The number of ether oxygens (including phenoxy) is 3. The van der Waals surface area contributed by atoms with Crippen molar-refractivity contribution in [1.29, 1.82) is 0 Å². The second-order valence-electron chi connectivity index (χ2n) is 9.38. The van der Waals surface area contributed by atoms with Gasteiger partial charge in [0.15, 0.2) is 0 Å². The quantitative estimate of drug-likeness (QED) is 0.344. The third kappa shape index (κ3) is 6.62. The van der Waals surface area contributed by atoms with E-state index in [0.29, 0.717) is 17.5 Å². The molecule has 0 bridgehead atoms. The topological polar surface area (TPSA) is 66.6 Å². The smallest absolute Gasteiger partial charge is 0.221 e. The number of hydrogen-bond donors (Lipinski definition) is 1. The third-order valence-corrected chi connectivity index (χ3v) is 7.01. The first-order chi connectivity index (χ1) is 16.6. The van der Waals surface area contributed by atoms with Gasteiger partial charge in [-0.15, -0.1) is 0 Å². The van der Waals surface area contributed by atoms with Gasteiger partial charge < -0.3 is 19.9 Å². The minimum Gasteiger partial charge on any atom is -0.489 e. The van der Waals surface area contributed by atoms with Crippen molar-refractivity contribution >= 4 is 22.4 Å². The molecule has 5 nitrogen and oxygen atoms in total. The lowest BCUT2D eigenvalue weighted by Crippen LogP contribution is -2.41. The predicted octanol–water partition coefficient (Wildman–Crippen LogP) is 6.69. The van der Waals surface area contributed by atoms with Crippen molar-refractivity contribution in [3.05, 3.63) is 65.3 Å². The molecule has 1 fully saturated rings. The lowest BCUT2D eigenvalue weighted by Gasteiger charge is -2.33. The molecule has 1 saturated carbocycles. The number of benzene rings is 2. The van der Waals surface area contributed by atoms with Crippen LogP contribution in [0.1, 0.15) is 56.9 Å². The SMILES string of the molecule is COCCCC1(N)CCCC(Oc2cc3ccnc(OCc4ccccc4)c3cc2Cl)CCC1. The second-order valence-corrected chi connectivity index (χ2v) is 9.78. The van der Waals surface area contributed by atoms with Gasteiger partial charge in [0.05, 0.1) is 11.1 Å². The highest BCUT2D eigenvalue weighted by atomic mass is 35.5. The van der Waals surface area contributed by atoms with Crippen LogP contribution in [0.2, 0.25) is 5.02 Å². The number of nitrogens with zero attached hydrogens (tertiary/aromatic N) is 1. The molecule has 3 aromatic rings. The van der Waals surface area contributed by atoms with Crippen LogP contribution in [0.3, 0.4) is 0 Å². The number of aromatic nitrogens is 1. The van der Waals surface area contributed by atoms with Crippen molar-refractivity contribution in [3.63, 3.8) is 0 Å². The summed E-state index contributed by atoms with van der Waals surface area (Å²) < 4.78 is 17.6. The third-order valence-electron chi connectivity index (χ3n) is 6.72. The maximum absolute atomic E-state index is 6.69. The molecule has 0 unspecified atom stereocenters. The molecular weight excluding hydrogens is 448 g/mol. The molecule has 1 aliphatic rings. The highest BCUT2D eigenvalue weighted by molar-refractivity contribution is 6.33. The number of fused-ring (bicyclic) bond motifs is 1. The van der Waals surface area contributed by atoms with Crippen molar-refractivity contribution < 1.29 is 14.2 Å². The molecule has 0 saturated heterocycles. The van der Waals surface area contributed by atoms with Crippen LogP contribution in [0.15, 0.2) is 54.7 Å². The summed E-state index contributed by atoms with van der Waals surface area (Å²) in [4.78, 5) is 4.43. The fourth-order valence-corrected chi connectivity index (χ4v) is 5.04. The van der Waals surface area contributed by atoms with Gasteiger partial charge in [-0.1, -0.05) is 41.9 Å². The normalized spacial score (nSPS) is 21.1. The summed E-state index contributed by atoms with van der Waals surface area (Å²) in [5.74, 6) is 1.30. The predicted molar refractivity (Wildman–Crippen MR) is 138 cm³/mol. The molecule has 0 aliphatic heterocycles. The van der Waals surface area contributed by atoms with E-state index in [2.05, 4.69) is 4.98 Å². The molecule has 0 amide bonds. The van der Waals surface area contributed by atoms with Crippen molar-refractivity contribution in [3.8, 4) is 11.6 Å². The highest BCUT2D eigenvalue weighted by Crippen LogP contribution is 2.36. The Balaban J connectivity index is 1.40.